The van der Waals surface area contributed by atoms with Crippen LogP contribution in [-0.4, -0.2) is 5.90 Å². The highest BCUT2D eigenvalue weighted by Crippen LogP contribution is 2.43. The molecule has 5 rings (SSSR count). The number of nitrogens with zero attached hydrogens (tertiary/aromatic N) is 2. The molecule has 2 atom stereocenters. The largest absolute Gasteiger partial charge is 0.441 e. The number of nitrogens with one attached hydrogen (secondary N) is 1. The van der Waals surface area contributed by atoms with E-state index in [0.717, 1.165) is 0 Å². The van der Waals surface area contributed by atoms with Crippen LogP contribution in [0, 0.1) is 28.5 Å². The van der Waals surface area contributed by atoms with Gasteiger partial charge in [-0.05, 0) is 30.3 Å². The van der Waals surface area contributed by atoms with Crippen LogP contribution in [0.2, 0.25) is 0 Å². The number of rotatable bonds is 3. The highest BCUT2D eigenvalue weighted by molar-refractivity contribution is 5.92. The van der Waals surface area contributed by atoms with Crippen LogP contribution in [-0.2, 0) is 6.54 Å². The summed E-state index contributed by atoms with van der Waals surface area (Å²) in [4.78, 5) is 13.0. The lowest BCUT2D eigenvalue weighted by atomic mass is 9.80. The average molecular weight is 426 g/mol. The second-order valence-corrected chi connectivity index (χ2v) is 7.58. The third kappa shape index (κ3) is 3.22. The Morgan fingerprint density at radius 2 is 1.88 bits per heavy atom. The lowest BCUT2D eigenvalue weighted by Gasteiger charge is -2.29. The Bertz CT molecular complexity index is 1470. The van der Waals surface area contributed by atoms with Gasteiger partial charge < -0.3 is 9.15 Å². The normalized spacial score (nSPS) is 17.4. The maximum atomic E-state index is 14.1. The summed E-state index contributed by atoms with van der Waals surface area (Å²) in [5.74, 6) is -2.07. The maximum absolute atomic E-state index is 14.1. The molecular weight excluding hydrogens is 409 g/mol. The van der Waals surface area contributed by atoms with E-state index in [0.29, 0.717) is 22.1 Å². The Kier molecular flexibility index (Phi) is 4.75. The zero-order valence-electron chi connectivity index (χ0n) is 16.8. The summed E-state index contributed by atoms with van der Waals surface area (Å²) in [5, 5.41) is 18.7. The number of hydrogen-bond acceptors (Lipinski definition) is 5. The van der Waals surface area contributed by atoms with E-state index < -0.39 is 17.5 Å². The second kappa shape index (κ2) is 7.75. The molecule has 1 aliphatic heterocycles. The summed E-state index contributed by atoms with van der Waals surface area (Å²) in [7, 11) is 0. The van der Waals surface area contributed by atoms with E-state index in [-0.39, 0.29) is 29.6 Å². The third-order valence-corrected chi connectivity index (χ3v) is 5.63. The summed E-state index contributed by atoms with van der Waals surface area (Å²) in [5.41, 5.74) is 1.08. The number of nitriles is 1. The summed E-state index contributed by atoms with van der Waals surface area (Å²) in [6.45, 7) is 0.275. The molecular formula is C25H17FN3O3+. The number of pyridine rings is 1. The molecule has 2 aromatic heterocycles. The van der Waals surface area contributed by atoms with Gasteiger partial charge in [0.05, 0.1) is 28.5 Å². The first-order valence-electron chi connectivity index (χ1n) is 10.0. The fourth-order valence-corrected chi connectivity index (χ4v) is 4.15. The van der Waals surface area contributed by atoms with E-state index in [1.807, 2.05) is 0 Å². The smallest absolute Gasteiger partial charge is 0.343 e. The van der Waals surface area contributed by atoms with Crippen molar-refractivity contribution in [2.75, 3.05) is 0 Å². The number of fused-ring (bicyclic) bond motifs is 3. The molecule has 0 fully saturated rings. The summed E-state index contributed by atoms with van der Waals surface area (Å²) >= 11 is 0. The molecule has 156 valence electrons. The van der Waals surface area contributed by atoms with Gasteiger partial charge in [-0.3, -0.25) is 5.41 Å². The van der Waals surface area contributed by atoms with Crippen LogP contribution in [0.25, 0.3) is 11.0 Å². The standard InChI is InChI=1S/C25H17FN3O3/c26-19-9-3-1-6-15(19)13-29-11-5-7-16(14-29)21-18(12-27)24(28)32-23-17-8-2-4-10-20(17)31-25(30)22(21)23/h1-11,14,18,21,28H,13H2/q+1. The van der Waals surface area contributed by atoms with Gasteiger partial charge in [0.1, 0.15) is 17.3 Å². The van der Waals surface area contributed by atoms with E-state index in [2.05, 4.69) is 6.07 Å². The van der Waals surface area contributed by atoms with Crippen molar-refractivity contribution in [1.29, 1.82) is 10.7 Å². The molecule has 0 bridgehead atoms. The minimum atomic E-state index is -1.00. The molecule has 1 aliphatic rings. The summed E-state index contributed by atoms with van der Waals surface area (Å²) in [6.07, 6.45) is 3.55. The van der Waals surface area contributed by atoms with E-state index in [9.17, 15) is 14.4 Å². The third-order valence-electron chi connectivity index (χ3n) is 5.63. The highest BCUT2D eigenvalue weighted by atomic mass is 19.1. The van der Waals surface area contributed by atoms with Crippen molar-refractivity contribution in [3.8, 4) is 11.8 Å². The van der Waals surface area contributed by atoms with Crippen molar-refractivity contribution in [3.05, 3.63) is 106 Å². The zero-order chi connectivity index (χ0) is 22.2. The first-order chi connectivity index (χ1) is 15.6. The molecule has 7 heteroatoms. The van der Waals surface area contributed by atoms with Gasteiger partial charge in [-0.25, -0.2) is 13.8 Å². The Balaban J connectivity index is 1.67. The van der Waals surface area contributed by atoms with Crippen LogP contribution in [0.5, 0.6) is 5.75 Å². The summed E-state index contributed by atoms with van der Waals surface area (Å²) in [6, 6.07) is 19.1. The molecule has 3 heterocycles. The number of benzene rings is 2. The molecule has 0 spiro atoms. The average Bonchev–Trinajstić information content (AvgIpc) is 2.80. The van der Waals surface area contributed by atoms with Gasteiger partial charge in [-0.2, -0.15) is 5.26 Å². The van der Waals surface area contributed by atoms with Gasteiger partial charge in [0.15, 0.2) is 24.7 Å². The van der Waals surface area contributed by atoms with Gasteiger partial charge >= 0.3 is 5.63 Å². The monoisotopic (exact) mass is 426 g/mol. The van der Waals surface area contributed by atoms with Crippen molar-refractivity contribution in [1.82, 2.24) is 0 Å². The highest BCUT2D eigenvalue weighted by Gasteiger charge is 2.41. The van der Waals surface area contributed by atoms with Crippen LogP contribution in [0.3, 0.4) is 0 Å². The minimum absolute atomic E-state index is 0.204. The first kappa shape index (κ1) is 19.6. The van der Waals surface area contributed by atoms with Crippen LogP contribution in [0.15, 0.2) is 82.3 Å². The molecule has 0 radical (unpaired) electrons. The number of halogens is 1. The zero-order valence-corrected chi connectivity index (χ0v) is 16.8. The lowest BCUT2D eigenvalue weighted by molar-refractivity contribution is -0.689. The van der Waals surface area contributed by atoms with Crippen molar-refractivity contribution in [3.63, 3.8) is 0 Å². The van der Waals surface area contributed by atoms with Crippen LogP contribution in [0.4, 0.5) is 4.39 Å². The number of para-hydroxylation sites is 1. The van der Waals surface area contributed by atoms with Crippen LogP contribution in [0.1, 0.15) is 22.6 Å². The van der Waals surface area contributed by atoms with Gasteiger partial charge in [0.25, 0.3) is 0 Å². The van der Waals surface area contributed by atoms with Crippen molar-refractivity contribution in [2.45, 2.75) is 12.5 Å². The molecule has 0 saturated carbocycles. The molecule has 6 nitrogen and oxygen atoms in total. The molecule has 2 unspecified atom stereocenters. The SMILES string of the molecule is N#CC1C(=N)Oc2c(c(=O)oc3ccccc23)C1c1ccc[n+](Cc2ccccc2F)c1. The molecule has 0 saturated heterocycles. The van der Waals surface area contributed by atoms with Gasteiger partial charge in [0, 0.05) is 11.6 Å². The molecule has 4 aromatic rings. The number of aromatic nitrogens is 1. The second-order valence-electron chi connectivity index (χ2n) is 7.58. The van der Waals surface area contributed by atoms with Crippen molar-refractivity contribution < 1.29 is 18.1 Å². The maximum Gasteiger partial charge on any atom is 0.343 e. The molecule has 0 amide bonds. The molecule has 2 aromatic carbocycles. The van der Waals surface area contributed by atoms with E-state index in [1.165, 1.54) is 6.07 Å². The van der Waals surface area contributed by atoms with Crippen molar-refractivity contribution in [2.24, 2.45) is 5.92 Å². The van der Waals surface area contributed by atoms with E-state index in [4.69, 9.17) is 14.6 Å². The predicted molar refractivity (Wildman–Crippen MR) is 114 cm³/mol. The van der Waals surface area contributed by atoms with E-state index >= 15 is 0 Å². The number of ether oxygens (including phenoxy) is 1. The Labute approximate surface area is 182 Å². The van der Waals surface area contributed by atoms with Gasteiger partial charge in [-0.1, -0.05) is 24.3 Å². The first-order valence-corrected chi connectivity index (χ1v) is 10.0. The van der Waals surface area contributed by atoms with Crippen LogP contribution >= 0.6 is 0 Å². The number of hydrogen-bond donors (Lipinski definition) is 1. The van der Waals surface area contributed by atoms with E-state index in [1.54, 1.807) is 71.6 Å². The van der Waals surface area contributed by atoms with Crippen LogP contribution < -0.4 is 14.9 Å². The Hall–Kier alpha value is -4.31. The minimum Gasteiger partial charge on any atom is -0.441 e. The topological polar surface area (TPSA) is 91.0 Å². The fourth-order valence-electron chi connectivity index (χ4n) is 4.15. The fraction of sp³-hybridized carbons (Fsp3) is 0.120. The van der Waals surface area contributed by atoms with Gasteiger partial charge in [-0.15, -0.1) is 0 Å². The Morgan fingerprint density at radius 3 is 2.69 bits per heavy atom. The predicted octanol–water partition coefficient (Wildman–Crippen LogP) is 3.91. The molecule has 1 N–H and O–H groups in total. The van der Waals surface area contributed by atoms with Gasteiger partial charge in [0.2, 0.25) is 5.90 Å². The molecule has 0 aliphatic carbocycles. The lowest BCUT2D eigenvalue weighted by Crippen LogP contribution is -2.38. The molecule has 32 heavy (non-hydrogen) atoms. The Morgan fingerprint density at radius 1 is 1.09 bits per heavy atom. The summed E-state index contributed by atoms with van der Waals surface area (Å²) < 4.78 is 27.1. The van der Waals surface area contributed by atoms with Crippen molar-refractivity contribution >= 4 is 16.9 Å². The quantitative estimate of drug-likeness (QED) is 0.397.